The predicted molar refractivity (Wildman–Crippen MR) is 84.4 cm³/mol. The van der Waals surface area contributed by atoms with Gasteiger partial charge in [-0.3, -0.25) is 4.68 Å². The first-order valence-electron chi connectivity index (χ1n) is 7.26. The summed E-state index contributed by atoms with van der Waals surface area (Å²) in [6.45, 7) is 4.36. The molecular formula is C16H20F2N4O. The predicted octanol–water partition coefficient (Wildman–Crippen LogP) is 3.02. The summed E-state index contributed by atoms with van der Waals surface area (Å²) >= 11 is 0. The van der Waals surface area contributed by atoms with Crippen molar-refractivity contribution in [3.63, 3.8) is 0 Å². The molecule has 0 saturated carbocycles. The van der Waals surface area contributed by atoms with Crippen molar-refractivity contribution < 1.29 is 13.6 Å². The second-order valence-corrected chi connectivity index (χ2v) is 5.50. The van der Waals surface area contributed by atoms with Gasteiger partial charge >= 0.3 is 6.03 Å². The number of anilines is 1. The molecule has 0 spiro atoms. The van der Waals surface area contributed by atoms with E-state index in [1.165, 1.54) is 11.0 Å². The monoisotopic (exact) mass is 322 g/mol. The molecule has 0 saturated heterocycles. The molecule has 1 aromatic heterocycles. The third kappa shape index (κ3) is 3.85. The minimum atomic E-state index is -0.800. The van der Waals surface area contributed by atoms with Gasteiger partial charge in [0, 0.05) is 32.4 Å². The molecule has 23 heavy (non-hydrogen) atoms. The lowest BCUT2D eigenvalue weighted by molar-refractivity contribution is 0.223. The van der Waals surface area contributed by atoms with E-state index in [2.05, 4.69) is 10.4 Å². The summed E-state index contributed by atoms with van der Waals surface area (Å²) in [6, 6.07) is 2.58. The Hall–Kier alpha value is -2.44. The highest BCUT2D eigenvalue weighted by Gasteiger charge is 2.14. The molecule has 7 heteroatoms. The van der Waals surface area contributed by atoms with Gasteiger partial charge in [0.2, 0.25) is 0 Å². The van der Waals surface area contributed by atoms with E-state index < -0.39 is 17.7 Å². The highest BCUT2D eigenvalue weighted by molar-refractivity contribution is 5.89. The Balaban J connectivity index is 1.97. The molecule has 0 fully saturated rings. The number of likely N-dealkylation sites (N-methyl/N-ethyl adjacent to an activating group) is 1. The van der Waals surface area contributed by atoms with E-state index in [0.29, 0.717) is 13.0 Å². The molecule has 1 heterocycles. The van der Waals surface area contributed by atoms with Crippen LogP contribution in [0, 0.1) is 25.5 Å². The Bertz CT molecular complexity index is 727. The van der Waals surface area contributed by atoms with Crippen LogP contribution >= 0.6 is 0 Å². The van der Waals surface area contributed by atoms with Crippen molar-refractivity contribution in [2.24, 2.45) is 7.05 Å². The molecule has 0 aliphatic rings. The van der Waals surface area contributed by atoms with Gasteiger partial charge in [-0.15, -0.1) is 0 Å². The van der Waals surface area contributed by atoms with Gasteiger partial charge in [0.25, 0.3) is 0 Å². The molecule has 1 aromatic carbocycles. The number of aromatic nitrogens is 2. The fourth-order valence-electron chi connectivity index (χ4n) is 2.36. The molecule has 0 unspecified atom stereocenters. The summed E-state index contributed by atoms with van der Waals surface area (Å²) in [6.07, 6.45) is 0.654. The largest absolute Gasteiger partial charge is 0.327 e. The van der Waals surface area contributed by atoms with Crippen molar-refractivity contribution in [2.45, 2.75) is 20.3 Å². The van der Waals surface area contributed by atoms with E-state index in [1.54, 1.807) is 11.7 Å². The van der Waals surface area contributed by atoms with E-state index >= 15 is 0 Å². The van der Waals surface area contributed by atoms with Crippen LogP contribution in [0.15, 0.2) is 18.2 Å². The number of hydrogen-bond acceptors (Lipinski definition) is 2. The second kappa shape index (κ2) is 6.76. The topological polar surface area (TPSA) is 50.2 Å². The maximum Gasteiger partial charge on any atom is 0.321 e. The number of carbonyl (C=O) groups is 1. The summed E-state index contributed by atoms with van der Waals surface area (Å²) in [4.78, 5) is 13.5. The number of rotatable bonds is 4. The average molecular weight is 322 g/mol. The van der Waals surface area contributed by atoms with Crippen LogP contribution in [0.1, 0.15) is 17.0 Å². The van der Waals surface area contributed by atoms with Crippen LogP contribution in [0.4, 0.5) is 19.3 Å². The lowest BCUT2D eigenvalue weighted by Crippen LogP contribution is -2.33. The normalized spacial score (nSPS) is 10.7. The van der Waals surface area contributed by atoms with E-state index in [1.807, 2.05) is 20.9 Å². The fourth-order valence-corrected chi connectivity index (χ4v) is 2.36. The zero-order valence-corrected chi connectivity index (χ0v) is 13.7. The minimum Gasteiger partial charge on any atom is -0.327 e. The number of nitrogens with one attached hydrogen (secondary N) is 1. The third-order valence-corrected chi connectivity index (χ3v) is 3.88. The fraction of sp³-hybridized carbons (Fsp3) is 0.375. The van der Waals surface area contributed by atoms with Crippen molar-refractivity contribution in [3.8, 4) is 0 Å². The van der Waals surface area contributed by atoms with E-state index in [4.69, 9.17) is 0 Å². The van der Waals surface area contributed by atoms with Crippen molar-refractivity contribution in [1.82, 2.24) is 14.7 Å². The number of hydrogen-bond donors (Lipinski definition) is 1. The molecule has 5 nitrogen and oxygen atoms in total. The van der Waals surface area contributed by atoms with Crippen LogP contribution in [-0.4, -0.2) is 34.3 Å². The molecule has 0 bridgehead atoms. The Morgan fingerprint density at radius 3 is 2.61 bits per heavy atom. The highest BCUT2D eigenvalue weighted by Crippen LogP contribution is 2.16. The Morgan fingerprint density at radius 2 is 2.04 bits per heavy atom. The molecule has 0 radical (unpaired) electrons. The zero-order chi connectivity index (χ0) is 17.1. The quantitative estimate of drug-likeness (QED) is 0.941. The van der Waals surface area contributed by atoms with Gasteiger partial charge in [-0.2, -0.15) is 5.10 Å². The van der Waals surface area contributed by atoms with Gasteiger partial charge in [-0.25, -0.2) is 13.6 Å². The number of halogens is 2. The molecule has 0 aliphatic carbocycles. The first kappa shape index (κ1) is 16.9. The van der Waals surface area contributed by atoms with Crippen LogP contribution in [0.25, 0.3) is 0 Å². The third-order valence-electron chi connectivity index (χ3n) is 3.88. The molecule has 0 atom stereocenters. The summed E-state index contributed by atoms with van der Waals surface area (Å²) in [5.74, 6) is -1.48. The molecule has 2 rings (SSSR count). The number of carbonyl (C=O) groups excluding carboxylic acids is 1. The minimum absolute atomic E-state index is 0.0445. The second-order valence-electron chi connectivity index (χ2n) is 5.50. The number of amides is 2. The van der Waals surface area contributed by atoms with Gasteiger partial charge in [0.1, 0.15) is 11.6 Å². The van der Waals surface area contributed by atoms with Gasteiger partial charge in [-0.05, 0) is 38.0 Å². The Labute approximate surface area is 133 Å². The summed E-state index contributed by atoms with van der Waals surface area (Å²) < 4.78 is 28.2. The van der Waals surface area contributed by atoms with Crippen molar-refractivity contribution in [2.75, 3.05) is 18.9 Å². The number of urea groups is 1. The first-order valence-corrected chi connectivity index (χ1v) is 7.26. The number of benzene rings is 1. The van der Waals surface area contributed by atoms with Gasteiger partial charge in [0.15, 0.2) is 0 Å². The summed E-state index contributed by atoms with van der Waals surface area (Å²) in [5.41, 5.74) is 3.04. The maximum atomic E-state index is 13.5. The average Bonchev–Trinajstić information content (AvgIpc) is 2.72. The van der Waals surface area contributed by atoms with Crippen molar-refractivity contribution in [1.29, 1.82) is 0 Å². The number of aryl methyl sites for hydroxylation is 2. The Kier molecular flexibility index (Phi) is 4.98. The molecule has 124 valence electrons. The highest BCUT2D eigenvalue weighted by atomic mass is 19.1. The van der Waals surface area contributed by atoms with Crippen LogP contribution in [0.5, 0.6) is 0 Å². The van der Waals surface area contributed by atoms with E-state index in [0.717, 1.165) is 29.1 Å². The van der Waals surface area contributed by atoms with Crippen molar-refractivity contribution >= 4 is 11.7 Å². The first-order chi connectivity index (χ1) is 10.8. The standard InChI is InChI=1S/C16H20F2N4O/c1-10-13(11(2)22(4)20-10)7-8-21(3)16(23)19-15-6-5-12(17)9-14(15)18/h5-6,9H,7-8H2,1-4H3,(H,19,23). The van der Waals surface area contributed by atoms with Crippen LogP contribution in [0.2, 0.25) is 0 Å². The maximum absolute atomic E-state index is 13.5. The van der Waals surface area contributed by atoms with Crippen molar-refractivity contribution in [3.05, 3.63) is 46.8 Å². The van der Waals surface area contributed by atoms with E-state index in [9.17, 15) is 13.6 Å². The lowest BCUT2D eigenvalue weighted by atomic mass is 10.1. The van der Waals surface area contributed by atoms with E-state index in [-0.39, 0.29) is 5.69 Å². The molecule has 0 aliphatic heterocycles. The Morgan fingerprint density at radius 1 is 1.35 bits per heavy atom. The van der Waals surface area contributed by atoms with Crippen LogP contribution < -0.4 is 5.32 Å². The van der Waals surface area contributed by atoms with Crippen LogP contribution in [0.3, 0.4) is 0 Å². The van der Waals surface area contributed by atoms with Crippen LogP contribution in [-0.2, 0) is 13.5 Å². The number of nitrogens with zero attached hydrogens (tertiary/aromatic N) is 3. The molecule has 2 aromatic rings. The van der Waals surface area contributed by atoms with Gasteiger partial charge in [0.05, 0.1) is 11.4 Å². The molecular weight excluding hydrogens is 302 g/mol. The van der Waals surface area contributed by atoms with Gasteiger partial charge < -0.3 is 10.2 Å². The molecule has 2 amide bonds. The lowest BCUT2D eigenvalue weighted by Gasteiger charge is -2.18. The zero-order valence-electron chi connectivity index (χ0n) is 13.7. The SMILES string of the molecule is Cc1nn(C)c(C)c1CCN(C)C(=O)Nc1ccc(F)cc1F. The van der Waals surface area contributed by atoms with Gasteiger partial charge in [-0.1, -0.05) is 0 Å². The summed E-state index contributed by atoms with van der Waals surface area (Å²) in [5, 5.41) is 6.77. The molecule has 1 N–H and O–H groups in total. The smallest absolute Gasteiger partial charge is 0.321 e. The summed E-state index contributed by atoms with van der Waals surface area (Å²) in [7, 11) is 3.50.